The number of H-pyrrole nitrogens is 1. The molecule has 3 rings (SSSR count). The molecule has 0 radical (unpaired) electrons. The summed E-state index contributed by atoms with van der Waals surface area (Å²) in [6.07, 6.45) is 3.99. The van der Waals surface area contributed by atoms with Crippen LogP contribution in [0.25, 0.3) is 6.08 Å². The third-order valence-corrected chi connectivity index (χ3v) is 4.43. The van der Waals surface area contributed by atoms with Gasteiger partial charge in [-0.1, -0.05) is 35.6 Å². The average molecular weight is 385 g/mol. The number of hydrogen-bond donors (Lipinski definition) is 3. The van der Waals surface area contributed by atoms with Gasteiger partial charge in [0.15, 0.2) is 5.82 Å². The van der Waals surface area contributed by atoms with Gasteiger partial charge in [0.05, 0.1) is 26.1 Å². The number of hydrogen-bond acceptors (Lipinski definition) is 7. The van der Waals surface area contributed by atoms with E-state index >= 15 is 0 Å². The van der Waals surface area contributed by atoms with E-state index in [1.165, 1.54) is 0 Å². The van der Waals surface area contributed by atoms with Gasteiger partial charge in [0.1, 0.15) is 5.75 Å². The Morgan fingerprint density at radius 2 is 2.29 bits per heavy atom. The standard InChI is InChI=1S/C18H23N7O3/c1-28-15-7-3-2-5-13(15)6-4-9-25-10-8-19-18(27)14(25)11-17(26)20-12-16-21-23-24-22-16/h2-7,14H,8-12H2,1H3,(H,19,27)(H,20,26)(H,21,22,23,24)/b6-4+/t14-/m1/s1. The first-order valence-corrected chi connectivity index (χ1v) is 8.97. The van der Waals surface area contributed by atoms with Crippen molar-refractivity contribution < 1.29 is 14.3 Å². The van der Waals surface area contributed by atoms with Gasteiger partial charge in [-0.2, -0.15) is 5.21 Å². The predicted molar refractivity (Wildman–Crippen MR) is 101 cm³/mol. The molecule has 2 amide bonds. The number of nitrogens with zero attached hydrogens (tertiary/aromatic N) is 4. The summed E-state index contributed by atoms with van der Waals surface area (Å²) in [6.45, 7) is 1.94. The molecule has 0 bridgehead atoms. The van der Waals surface area contributed by atoms with E-state index in [1.54, 1.807) is 7.11 Å². The van der Waals surface area contributed by atoms with Gasteiger partial charge in [0, 0.05) is 25.2 Å². The fraction of sp³-hybridized carbons (Fsp3) is 0.389. The minimum atomic E-state index is -0.527. The van der Waals surface area contributed by atoms with Crippen LogP contribution < -0.4 is 15.4 Å². The van der Waals surface area contributed by atoms with Crippen molar-refractivity contribution in [3.63, 3.8) is 0 Å². The van der Waals surface area contributed by atoms with Crippen LogP contribution >= 0.6 is 0 Å². The van der Waals surface area contributed by atoms with Crippen molar-refractivity contribution in [2.45, 2.75) is 19.0 Å². The molecular formula is C18H23N7O3. The lowest BCUT2D eigenvalue weighted by Crippen LogP contribution is -2.56. The molecule has 1 aromatic carbocycles. The summed E-state index contributed by atoms with van der Waals surface area (Å²) < 4.78 is 5.34. The topological polar surface area (TPSA) is 125 Å². The Kier molecular flexibility index (Phi) is 6.68. The largest absolute Gasteiger partial charge is 0.496 e. The van der Waals surface area contributed by atoms with Crippen LogP contribution in [-0.2, 0) is 16.1 Å². The first-order chi connectivity index (χ1) is 13.7. The smallest absolute Gasteiger partial charge is 0.237 e. The molecule has 1 aliphatic rings. The fourth-order valence-corrected chi connectivity index (χ4v) is 3.00. The Balaban J connectivity index is 1.57. The van der Waals surface area contributed by atoms with E-state index in [1.807, 2.05) is 41.3 Å². The molecule has 10 heteroatoms. The number of para-hydroxylation sites is 1. The second kappa shape index (κ2) is 9.60. The quantitative estimate of drug-likeness (QED) is 0.571. The van der Waals surface area contributed by atoms with E-state index in [2.05, 4.69) is 31.3 Å². The molecule has 0 spiro atoms. The highest BCUT2D eigenvalue weighted by Gasteiger charge is 2.30. The van der Waals surface area contributed by atoms with Crippen LogP contribution in [0.3, 0.4) is 0 Å². The van der Waals surface area contributed by atoms with Crippen molar-refractivity contribution >= 4 is 17.9 Å². The van der Waals surface area contributed by atoms with Gasteiger partial charge in [-0.15, -0.1) is 10.2 Å². The van der Waals surface area contributed by atoms with Gasteiger partial charge in [-0.25, -0.2) is 0 Å². The van der Waals surface area contributed by atoms with E-state index < -0.39 is 6.04 Å². The summed E-state index contributed by atoms with van der Waals surface area (Å²) in [4.78, 5) is 26.5. The molecule has 148 valence electrons. The van der Waals surface area contributed by atoms with E-state index in [-0.39, 0.29) is 24.8 Å². The van der Waals surface area contributed by atoms with Crippen LogP contribution in [0.4, 0.5) is 0 Å². The Hall–Kier alpha value is -3.27. The van der Waals surface area contributed by atoms with Gasteiger partial charge >= 0.3 is 0 Å². The minimum Gasteiger partial charge on any atom is -0.496 e. The molecule has 0 saturated carbocycles. The number of rotatable bonds is 8. The number of carbonyl (C=O) groups excluding carboxylic acids is 2. The Morgan fingerprint density at radius 3 is 3.07 bits per heavy atom. The zero-order valence-corrected chi connectivity index (χ0v) is 15.6. The van der Waals surface area contributed by atoms with Gasteiger partial charge < -0.3 is 15.4 Å². The maximum absolute atomic E-state index is 12.3. The highest BCUT2D eigenvalue weighted by atomic mass is 16.5. The van der Waals surface area contributed by atoms with Gasteiger partial charge in [-0.05, 0) is 6.07 Å². The maximum atomic E-state index is 12.3. The monoisotopic (exact) mass is 385 g/mol. The lowest BCUT2D eigenvalue weighted by atomic mass is 10.1. The Labute approximate surface area is 162 Å². The zero-order chi connectivity index (χ0) is 19.8. The maximum Gasteiger partial charge on any atom is 0.237 e. The number of amides is 2. The fourth-order valence-electron chi connectivity index (χ4n) is 3.00. The average Bonchev–Trinajstić information content (AvgIpc) is 3.23. The van der Waals surface area contributed by atoms with Crippen molar-refractivity contribution in [2.24, 2.45) is 0 Å². The number of nitrogens with one attached hydrogen (secondary N) is 3. The molecule has 1 atom stereocenters. The lowest BCUT2D eigenvalue weighted by Gasteiger charge is -2.33. The third kappa shape index (κ3) is 5.13. The molecule has 2 aromatic rings. The predicted octanol–water partition coefficient (Wildman–Crippen LogP) is -0.272. The van der Waals surface area contributed by atoms with E-state index in [4.69, 9.17) is 4.74 Å². The first kappa shape index (κ1) is 19.5. The van der Waals surface area contributed by atoms with Crippen molar-refractivity contribution in [1.29, 1.82) is 0 Å². The molecule has 1 saturated heterocycles. The molecule has 28 heavy (non-hydrogen) atoms. The number of ether oxygens (including phenoxy) is 1. The van der Waals surface area contributed by atoms with Crippen LogP contribution in [0.15, 0.2) is 30.3 Å². The molecule has 2 heterocycles. The van der Waals surface area contributed by atoms with Crippen LogP contribution in [0.5, 0.6) is 5.75 Å². The third-order valence-electron chi connectivity index (χ3n) is 4.43. The molecule has 1 fully saturated rings. The summed E-state index contributed by atoms with van der Waals surface area (Å²) in [7, 11) is 1.63. The number of aromatic amines is 1. The van der Waals surface area contributed by atoms with E-state index in [0.717, 1.165) is 11.3 Å². The number of piperazine rings is 1. The molecular weight excluding hydrogens is 362 g/mol. The second-order valence-electron chi connectivity index (χ2n) is 6.25. The van der Waals surface area contributed by atoms with Gasteiger partial charge in [0.25, 0.3) is 0 Å². The molecule has 0 aliphatic carbocycles. The van der Waals surface area contributed by atoms with Crippen molar-refractivity contribution in [3.8, 4) is 5.75 Å². The van der Waals surface area contributed by atoms with Crippen LogP contribution in [0, 0.1) is 0 Å². The van der Waals surface area contributed by atoms with Crippen molar-refractivity contribution in [1.82, 2.24) is 36.2 Å². The van der Waals surface area contributed by atoms with Gasteiger partial charge in [0.2, 0.25) is 11.8 Å². The summed E-state index contributed by atoms with van der Waals surface area (Å²) >= 11 is 0. The van der Waals surface area contributed by atoms with E-state index in [0.29, 0.717) is 25.5 Å². The molecule has 1 aliphatic heterocycles. The molecule has 0 unspecified atom stereocenters. The number of aromatic nitrogens is 4. The number of benzene rings is 1. The van der Waals surface area contributed by atoms with Crippen LogP contribution in [-0.4, -0.2) is 70.1 Å². The normalized spacial score (nSPS) is 17.5. The van der Waals surface area contributed by atoms with Crippen molar-refractivity contribution in [2.75, 3.05) is 26.7 Å². The highest BCUT2D eigenvalue weighted by molar-refractivity contribution is 5.88. The van der Waals surface area contributed by atoms with Crippen LogP contribution in [0.1, 0.15) is 17.8 Å². The van der Waals surface area contributed by atoms with Crippen LogP contribution in [0.2, 0.25) is 0 Å². The van der Waals surface area contributed by atoms with E-state index in [9.17, 15) is 9.59 Å². The second-order valence-corrected chi connectivity index (χ2v) is 6.25. The summed E-state index contributed by atoms with van der Waals surface area (Å²) in [5.74, 6) is 0.780. The summed E-state index contributed by atoms with van der Waals surface area (Å²) in [5.41, 5.74) is 0.959. The number of tetrazole rings is 1. The van der Waals surface area contributed by atoms with Crippen molar-refractivity contribution in [3.05, 3.63) is 41.7 Å². The Morgan fingerprint density at radius 1 is 1.43 bits per heavy atom. The summed E-state index contributed by atoms with van der Waals surface area (Å²) in [5, 5.41) is 18.8. The molecule has 10 nitrogen and oxygen atoms in total. The first-order valence-electron chi connectivity index (χ1n) is 8.97. The SMILES string of the molecule is COc1ccccc1/C=C/CN1CCNC(=O)[C@H]1CC(=O)NCc1nn[nH]n1. The zero-order valence-electron chi connectivity index (χ0n) is 15.6. The number of carbonyl (C=O) groups is 2. The molecule has 1 aromatic heterocycles. The Bertz CT molecular complexity index is 822. The summed E-state index contributed by atoms with van der Waals surface area (Å²) in [6, 6.07) is 7.18. The number of methoxy groups -OCH3 is 1. The van der Waals surface area contributed by atoms with Gasteiger partial charge in [-0.3, -0.25) is 14.5 Å². The molecule has 3 N–H and O–H groups in total. The minimum absolute atomic E-state index is 0.0617. The highest BCUT2D eigenvalue weighted by Crippen LogP contribution is 2.19. The lowest BCUT2D eigenvalue weighted by molar-refractivity contribution is -0.133.